The van der Waals surface area contributed by atoms with Gasteiger partial charge in [-0.2, -0.15) is 0 Å². The first kappa shape index (κ1) is 30.1. The molecule has 9 nitrogen and oxygen atoms in total. The topological polar surface area (TPSA) is 90.8 Å². The Morgan fingerprint density at radius 1 is 0.811 bits per heavy atom. The van der Waals surface area contributed by atoms with E-state index in [9.17, 15) is 9.59 Å². The Labute approximate surface area is 238 Å². The van der Waals surface area contributed by atoms with Crippen molar-refractivity contribution in [3.05, 3.63) is 35.9 Å². The molecule has 204 valence electrons. The van der Waals surface area contributed by atoms with Gasteiger partial charge in [-0.25, -0.2) is 0 Å². The molecule has 2 N–H and O–H groups in total. The second-order valence-electron chi connectivity index (χ2n) is 9.16. The van der Waals surface area contributed by atoms with Crippen LogP contribution >= 0.6 is 48.0 Å². The molecule has 37 heavy (non-hydrogen) atoms. The van der Waals surface area contributed by atoms with Crippen molar-refractivity contribution >= 4 is 68.5 Å². The van der Waals surface area contributed by atoms with Gasteiger partial charge in [-0.3, -0.25) is 24.3 Å². The van der Waals surface area contributed by atoms with E-state index in [4.69, 9.17) is 34.6 Å². The van der Waals surface area contributed by atoms with Crippen LogP contribution in [0.1, 0.15) is 24.8 Å². The first-order valence-electron chi connectivity index (χ1n) is 12.3. The summed E-state index contributed by atoms with van der Waals surface area (Å²) in [6.45, 7) is 5.54. The van der Waals surface area contributed by atoms with Crippen LogP contribution in [0.3, 0.4) is 0 Å². The zero-order chi connectivity index (χ0) is 26.6. The predicted octanol–water partition coefficient (Wildman–Crippen LogP) is 2.93. The Morgan fingerprint density at radius 2 is 1.32 bits per heavy atom. The van der Waals surface area contributed by atoms with Gasteiger partial charge in [-0.15, -0.1) is 0 Å². The van der Waals surface area contributed by atoms with Crippen molar-refractivity contribution in [2.24, 2.45) is 0 Å². The van der Waals surface area contributed by atoms with Gasteiger partial charge in [0, 0.05) is 26.2 Å². The summed E-state index contributed by atoms with van der Waals surface area (Å²) in [5.41, 5.74) is 1.28. The van der Waals surface area contributed by atoms with Crippen molar-refractivity contribution in [3.63, 3.8) is 0 Å². The Balaban J connectivity index is 1.46. The van der Waals surface area contributed by atoms with Crippen molar-refractivity contribution < 1.29 is 19.8 Å². The highest BCUT2D eigenvalue weighted by Crippen LogP contribution is 2.20. The monoisotopic (exact) mass is 585 g/mol. The van der Waals surface area contributed by atoms with Crippen LogP contribution in [0.25, 0.3) is 0 Å². The lowest BCUT2D eigenvalue weighted by Gasteiger charge is -2.36. The van der Waals surface area contributed by atoms with Gasteiger partial charge in [0.15, 0.2) is 0 Å². The molecule has 0 unspecified atom stereocenters. The Morgan fingerprint density at radius 3 is 1.86 bits per heavy atom. The third kappa shape index (κ3) is 11.0. The average Bonchev–Trinajstić information content (AvgIpc) is 2.85. The smallest absolute Gasteiger partial charge is 0.317 e. The molecule has 0 radical (unpaired) electrons. The molecule has 2 saturated heterocycles. The maximum atomic E-state index is 11.1. The lowest BCUT2D eigenvalue weighted by Crippen LogP contribution is -2.47. The van der Waals surface area contributed by atoms with Crippen LogP contribution in [0.15, 0.2) is 30.3 Å². The molecule has 2 fully saturated rings. The molecule has 2 aliphatic heterocycles. The van der Waals surface area contributed by atoms with Crippen LogP contribution in [0.4, 0.5) is 0 Å². The molecule has 2 heterocycles. The highest BCUT2D eigenvalue weighted by Gasteiger charge is 2.24. The number of benzene rings is 1. The fourth-order valence-electron chi connectivity index (χ4n) is 4.29. The summed E-state index contributed by atoms with van der Waals surface area (Å²) in [4.78, 5) is 32.6. The van der Waals surface area contributed by atoms with Gasteiger partial charge in [0.1, 0.15) is 8.64 Å². The van der Waals surface area contributed by atoms with E-state index >= 15 is 0 Å². The zero-order valence-electron chi connectivity index (χ0n) is 20.9. The maximum absolute atomic E-state index is 11.1. The van der Waals surface area contributed by atoms with Crippen LogP contribution in [0, 0.1) is 0 Å². The number of nitrogens with zero attached hydrogens (tertiary/aromatic N) is 5. The number of hydrogen-bond donors (Lipinski definition) is 2. The van der Waals surface area contributed by atoms with E-state index in [-0.39, 0.29) is 13.1 Å². The molecule has 0 atom stereocenters. The Bertz CT molecular complexity index is 926. The highest BCUT2D eigenvalue weighted by molar-refractivity contribution is 8.23. The van der Waals surface area contributed by atoms with Crippen LogP contribution < -0.4 is 0 Å². The molecular weight excluding hydrogens is 551 g/mol. The minimum absolute atomic E-state index is 0.0271. The summed E-state index contributed by atoms with van der Waals surface area (Å²) in [5, 5.41) is 18.2. The van der Waals surface area contributed by atoms with E-state index in [2.05, 4.69) is 39.0 Å². The molecule has 1 aromatic carbocycles. The van der Waals surface area contributed by atoms with E-state index in [1.807, 2.05) is 15.9 Å². The fraction of sp³-hybridized carbons (Fsp3) is 0.583. The SMILES string of the molecule is O=C(O)CN1CSC(=S)N(CCCCN(CCCN2CN(CC(=O)O)CSC2=S)Cc2ccccc2)C1. The molecule has 1 aromatic rings. The third-order valence-electron chi connectivity index (χ3n) is 6.02. The van der Waals surface area contributed by atoms with Gasteiger partial charge in [0.05, 0.1) is 38.2 Å². The zero-order valence-corrected chi connectivity index (χ0v) is 24.1. The quantitative estimate of drug-likeness (QED) is 0.234. The second kappa shape index (κ2) is 15.8. The number of thiocarbonyl (C=S) groups is 2. The van der Waals surface area contributed by atoms with Gasteiger partial charge in [-0.05, 0) is 31.4 Å². The van der Waals surface area contributed by atoms with E-state index in [0.717, 1.165) is 60.6 Å². The Hall–Kier alpha value is -1.48. The van der Waals surface area contributed by atoms with Gasteiger partial charge >= 0.3 is 11.9 Å². The molecule has 0 spiro atoms. The largest absolute Gasteiger partial charge is 0.480 e. The summed E-state index contributed by atoms with van der Waals surface area (Å²) >= 11 is 14.1. The molecule has 0 saturated carbocycles. The minimum atomic E-state index is -0.819. The molecule has 13 heteroatoms. The number of carboxylic acids is 2. The van der Waals surface area contributed by atoms with E-state index in [0.29, 0.717) is 25.1 Å². The number of unbranched alkanes of at least 4 members (excludes halogenated alkanes) is 1. The number of hydrogen-bond acceptors (Lipinski definition) is 9. The summed E-state index contributed by atoms with van der Waals surface area (Å²) in [6.07, 6.45) is 2.93. The van der Waals surface area contributed by atoms with Crippen LogP contribution in [-0.4, -0.2) is 120 Å². The summed E-state index contributed by atoms with van der Waals surface area (Å²) in [7, 11) is 0. The third-order valence-corrected chi connectivity index (χ3v) is 9.24. The fourth-order valence-corrected chi connectivity index (χ4v) is 6.50. The van der Waals surface area contributed by atoms with Crippen LogP contribution in [-0.2, 0) is 16.1 Å². The van der Waals surface area contributed by atoms with Gasteiger partial charge < -0.3 is 20.0 Å². The summed E-state index contributed by atoms with van der Waals surface area (Å²) in [6, 6.07) is 10.4. The van der Waals surface area contributed by atoms with Crippen LogP contribution in [0.2, 0.25) is 0 Å². The number of carbonyl (C=O) groups is 2. The number of carboxylic acid groups (broad SMARTS) is 2. The molecule has 0 bridgehead atoms. The maximum Gasteiger partial charge on any atom is 0.317 e. The predicted molar refractivity (Wildman–Crippen MR) is 158 cm³/mol. The van der Waals surface area contributed by atoms with Gasteiger partial charge in [0.25, 0.3) is 0 Å². The Kier molecular flexibility index (Phi) is 12.9. The highest BCUT2D eigenvalue weighted by atomic mass is 32.2. The second-order valence-corrected chi connectivity index (χ2v) is 12.3. The van der Waals surface area contributed by atoms with Gasteiger partial charge in [-0.1, -0.05) is 78.3 Å². The lowest BCUT2D eigenvalue weighted by molar-refractivity contribution is -0.139. The normalized spacial score (nSPS) is 17.5. The lowest BCUT2D eigenvalue weighted by atomic mass is 10.2. The van der Waals surface area contributed by atoms with Crippen molar-refractivity contribution in [1.29, 1.82) is 0 Å². The molecule has 0 amide bonds. The van der Waals surface area contributed by atoms with Crippen molar-refractivity contribution in [2.45, 2.75) is 25.8 Å². The first-order chi connectivity index (χ1) is 17.8. The first-order valence-corrected chi connectivity index (χ1v) is 15.1. The van der Waals surface area contributed by atoms with E-state index in [1.165, 1.54) is 29.1 Å². The molecule has 3 rings (SSSR count). The van der Waals surface area contributed by atoms with E-state index < -0.39 is 11.9 Å². The number of rotatable bonds is 15. The molecule has 2 aliphatic rings. The molecular formula is C24H35N5O4S4. The number of aliphatic carboxylic acids is 2. The summed E-state index contributed by atoms with van der Waals surface area (Å²) < 4.78 is 1.68. The van der Waals surface area contributed by atoms with Crippen LogP contribution in [0.5, 0.6) is 0 Å². The molecule has 0 aromatic heterocycles. The van der Waals surface area contributed by atoms with Crippen molar-refractivity contribution in [1.82, 2.24) is 24.5 Å². The standard InChI is InChI=1S/C24H35N5O4S4/c30-21(31)14-26-16-28(23(34)36-18-26)11-5-4-9-25(13-20-7-2-1-3-8-20)10-6-12-29-17-27(15-22(32)33)19-37-24(29)35/h1-3,7-8H,4-6,9-19H2,(H,30,31)(H,32,33). The van der Waals surface area contributed by atoms with Gasteiger partial charge in [0.2, 0.25) is 0 Å². The summed E-state index contributed by atoms with van der Waals surface area (Å²) in [5.74, 6) is -0.391. The van der Waals surface area contributed by atoms with Crippen molar-refractivity contribution in [2.75, 3.05) is 64.4 Å². The molecule has 0 aliphatic carbocycles. The number of thioether (sulfide) groups is 2. The van der Waals surface area contributed by atoms with Crippen molar-refractivity contribution in [3.8, 4) is 0 Å². The van der Waals surface area contributed by atoms with E-state index in [1.54, 1.807) is 0 Å². The minimum Gasteiger partial charge on any atom is -0.480 e. The average molecular weight is 586 g/mol.